The molecule has 12 heteroatoms. The van der Waals surface area contributed by atoms with Crippen LogP contribution in [0.15, 0.2) is 36.0 Å². The van der Waals surface area contributed by atoms with Crippen LogP contribution in [-0.4, -0.2) is 32.3 Å². The number of anilines is 1. The first-order chi connectivity index (χ1) is 19.0. The van der Waals surface area contributed by atoms with Gasteiger partial charge in [0.05, 0.1) is 27.9 Å². The van der Waals surface area contributed by atoms with Gasteiger partial charge in [-0.2, -0.15) is 5.26 Å². The van der Waals surface area contributed by atoms with E-state index in [9.17, 15) is 14.9 Å². The number of nitriles is 1. The Morgan fingerprint density at radius 1 is 1.30 bits per heavy atom. The predicted octanol–water partition coefficient (Wildman–Crippen LogP) is 6.52. The van der Waals surface area contributed by atoms with E-state index in [1.807, 2.05) is 0 Å². The molecule has 2 aromatic heterocycles. The monoisotopic (exact) mass is 616 g/mol. The first-order valence-electron chi connectivity index (χ1n) is 12.7. The fraction of sp³-hybridized carbons (Fsp3) is 0.393. The molecule has 1 aliphatic rings. The topological polar surface area (TPSA) is 113 Å². The maximum absolute atomic E-state index is 12.9. The van der Waals surface area contributed by atoms with Gasteiger partial charge in [-0.1, -0.05) is 61.8 Å². The number of halogens is 2. The summed E-state index contributed by atoms with van der Waals surface area (Å²) in [5, 5.41) is 25.8. The molecule has 0 aliphatic heterocycles. The van der Waals surface area contributed by atoms with E-state index in [1.54, 1.807) is 22.8 Å². The molecule has 40 heavy (non-hydrogen) atoms. The normalized spacial score (nSPS) is 14.8. The van der Waals surface area contributed by atoms with E-state index in [2.05, 4.69) is 54.3 Å². The molecule has 2 heterocycles. The molecule has 2 N–H and O–H groups in total. The third-order valence-corrected chi connectivity index (χ3v) is 9.76. The minimum absolute atomic E-state index is 0.0863. The van der Waals surface area contributed by atoms with E-state index in [0.29, 0.717) is 49.6 Å². The zero-order valence-corrected chi connectivity index (χ0v) is 25.7. The number of hydrogen-bond acceptors (Lipinski definition) is 7. The number of fused-ring (bicyclic) bond motifs is 1. The van der Waals surface area contributed by atoms with Gasteiger partial charge in [-0.05, 0) is 54.4 Å². The fourth-order valence-electron chi connectivity index (χ4n) is 4.59. The average molecular weight is 618 g/mol. The smallest absolute Gasteiger partial charge is 0.251 e. The van der Waals surface area contributed by atoms with Crippen molar-refractivity contribution in [2.45, 2.75) is 58.3 Å². The summed E-state index contributed by atoms with van der Waals surface area (Å²) in [4.78, 5) is 26.7. The Balaban J connectivity index is 1.39. The van der Waals surface area contributed by atoms with Crippen LogP contribution in [0.5, 0.6) is 0 Å². The molecule has 0 saturated carbocycles. The van der Waals surface area contributed by atoms with Gasteiger partial charge in [0, 0.05) is 17.0 Å². The van der Waals surface area contributed by atoms with Crippen LogP contribution in [0.2, 0.25) is 10.0 Å². The summed E-state index contributed by atoms with van der Waals surface area (Å²) in [6.45, 7) is 11.1. The number of carbonyl (C=O) groups excluding carboxylic acids is 2. The van der Waals surface area contributed by atoms with Crippen LogP contribution in [-0.2, 0) is 30.7 Å². The first kappa shape index (κ1) is 30.1. The largest absolute Gasteiger partial charge is 0.345 e. The van der Waals surface area contributed by atoms with Crippen LogP contribution in [0.1, 0.15) is 59.4 Å². The lowest BCUT2D eigenvalue weighted by atomic mass is 9.72. The number of allylic oxidation sites excluding steroid dienone is 1. The second-order valence-electron chi connectivity index (χ2n) is 10.6. The minimum atomic E-state index is -0.332. The van der Waals surface area contributed by atoms with Gasteiger partial charge in [0.25, 0.3) is 5.91 Å². The number of hydrogen-bond donors (Lipinski definition) is 2. The molecule has 0 unspecified atom stereocenters. The molecule has 0 radical (unpaired) electrons. The van der Waals surface area contributed by atoms with Crippen LogP contribution in [0.4, 0.5) is 5.00 Å². The van der Waals surface area contributed by atoms with Crippen molar-refractivity contribution in [1.82, 2.24) is 20.1 Å². The third-order valence-electron chi connectivity index (χ3n) is 6.88. The van der Waals surface area contributed by atoms with Crippen molar-refractivity contribution in [2.75, 3.05) is 11.1 Å². The zero-order chi connectivity index (χ0) is 29.0. The standard InChI is InChI=1S/C28H30Cl2N6O2S2/c1-5-10-36-23(14-32-25(38)16-6-9-20(29)21(30)11-16)34-35-27(36)39-15-24(37)33-26-19(13-31)18-8-7-17(28(2,3)4)12-22(18)40-26/h5-6,9,11,17H,1,7-8,10,12,14-15H2,2-4H3,(H,32,38)(H,33,37)/t17-/m0/s1. The Labute approximate surface area is 252 Å². The van der Waals surface area contributed by atoms with Gasteiger partial charge in [-0.3, -0.25) is 9.59 Å². The summed E-state index contributed by atoms with van der Waals surface area (Å²) in [5.41, 5.74) is 2.23. The van der Waals surface area contributed by atoms with Crippen molar-refractivity contribution in [3.63, 3.8) is 0 Å². The summed E-state index contributed by atoms with van der Waals surface area (Å²) in [7, 11) is 0. The molecule has 0 fully saturated rings. The Bertz CT molecular complexity index is 1480. The molecule has 8 nitrogen and oxygen atoms in total. The van der Waals surface area contributed by atoms with Crippen LogP contribution in [0.3, 0.4) is 0 Å². The lowest BCUT2D eigenvalue weighted by molar-refractivity contribution is -0.113. The molecule has 0 spiro atoms. The minimum Gasteiger partial charge on any atom is -0.345 e. The number of thiophene rings is 1. The van der Waals surface area contributed by atoms with Gasteiger partial charge < -0.3 is 15.2 Å². The molecule has 1 aromatic carbocycles. The van der Waals surface area contributed by atoms with E-state index in [1.165, 1.54) is 34.0 Å². The van der Waals surface area contributed by atoms with Crippen molar-refractivity contribution < 1.29 is 9.59 Å². The van der Waals surface area contributed by atoms with E-state index in [4.69, 9.17) is 23.2 Å². The molecule has 0 bridgehead atoms. The van der Waals surface area contributed by atoms with Crippen LogP contribution in [0.25, 0.3) is 0 Å². The average Bonchev–Trinajstić information content (AvgIpc) is 3.46. The Morgan fingerprint density at radius 3 is 2.75 bits per heavy atom. The second kappa shape index (κ2) is 12.8. The summed E-state index contributed by atoms with van der Waals surface area (Å²) >= 11 is 14.7. The van der Waals surface area contributed by atoms with Crippen molar-refractivity contribution in [1.29, 1.82) is 5.26 Å². The molecule has 2 amide bonds. The van der Waals surface area contributed by atoms with Gasteiger partial charge in [0.15, 0.2) is 11.0 Å². The predicted molar refractivity (Wildman–Crippen MR) is 161 cm³/mol. The Kier molecular flexibility index (Phi) is 9.62. The number of amides is 2. The van der Waals surface area contributed by atoms with Crippen molar-refractivity contribution in [3.05, 3.63) is 68.3 Å². The summed E-state index contributed by atoms with van der Waals surface area (Å²) in [6, 6.07) is 6.96. The molecule has 3 aromatic rings. The number of nitrogens with one attached hydrogen (secondary N) is 2. The molecule has 1 atom stereocenters. The van der Waals surface area contributed by atoms with Crippen molar-refractivity contribution in [2.24, 2.45) is 11.3 Å². The van der Waals surface area contributed by atoms with Crippen LogP contribution >= 0.6 is 46.3 Å². The lowest BCUT2D eigenvalue weighted by Gasteiger charge is -2.33. The third kappa shape index (κ3) is 6.89. The van der Waals surface area contributed by atoms with Gasteiger partial charge in [0.1, 0.15) is 11.1 Å². The SMILES string of the molecule is C=CCn1c(CNC(=O)c2ccc(Cl)c(Cl)c2)nnc1SCC(=O)Nc1sc2c(c1C#N)CC[C@H](C(C)(C)C)C2. The van der Waals surface area contributed by atoms with Gasteiger partial charge in [-0.15, -0.1) is 28.1 Å². The molecular weight excluding hydrogens is 587 g/mol. The van der Waals surface area contributed by atoms with Crippen molar-refractivity contribution in [3.8, 4) is 6.07 Å². The summed E-state index contributed by atoms with van der Waals surface area (Å²) in [5.74, 6) is 0.588. The number of nitrogens with zero attached hydrogens (tertiary/aromatic N) is 4. The molecule has 210 valence electrons. The van der Waals surface area contributed by atoms with Gasteiger partial charge in [0.2, 0.25) is 5.91 Å². The van der Waals surface area contributed by atoms with Crippen molar-refractivity contribution >= 4 is 63.1 Å². The number of benzene rings is 1. The fourth-order valence-corrected chi connectivity index (χ4v) is 6.95. The quantitative estimate of drug-likeness (QED) is 0.209. The van der Waals surface area contributed by atoms with E-state index in [-0.39, 0.29) is 29.5 Å². The first-order valence-corrected chi connectivity index (χ1v) is 15.3. The molecular formula is C28H30Cl2N6O2S2. The maximum atomic E-state index is 12.9. The Morgan fingerprint density at radius 2 is 2.08 bits per heavy atom. The second-order valence-corrected chi connectivity index (χ2v) is 13.4. The van der Waals surface area contributed by atoms with Gasteiger partial charge >= 0.3 is 0 Å². The van der Waals surface area contributed by atoms with E-state index in [0.717, 1.165) is 24.8 Å². The highest BCUT2D eigenvalue weighted by molar-refractivity contribution is 7.99. The van der Waals surface area contributed by atoms with E-state index < -0.39 is 0 Å². The summed E-state index contributed by atoms with van der Waals surface area (Å²) in [6.07, 6.45) is 4.52. The molecule has 1 aliphatic carbocycles. The number of rotatable bonds is 9. The van der Waals surface area contributed by atoms with E-state index >= 15 is 0 Å². The number of carbonyl (C=O) groups is 2. The molecule has 0 saturated heterocycles. The molecule has 4 rings (SSSR count). The summed E-state index contributed by atoms with van der Waals surface area (Å²) < 4.78 is 1.79. The highest BCUT2D eigenvalue weighted by atomic mass is 35.5. The number of thioether (sulfide) groups is 1. The lowest BCUT2D eigenvalue weighted by Crippen LogP contribution is -2.26. The Hall–Kier alpha value is -2.84. The van der Waals surface area contributed by atoms with Gasteiger partial charge in [-0.25, -0.2) is 0 Å². The number of aromatic nitrogens is 3. The van der Waals surface area contributed by atoms with Crippen LogP contribution < -0.4 is 10.6 Å². The zero-order valence-electron chi connectivity index (χ0n) is 22.5. The van der Waals surface area contributed by atoms with Crippen LogP contribution in [0, 0.1) is 22.7 Å². The maximum Gasteiger partial charge on any atom is 0.251 e. The highest BCUT2D eigenvalue weighted by Gasteiger charge is 2.32. The highest BCUT2D eigenvalue weighted by Crippen LogP contribution is 2.44.